The number of rotatable bonds is 7. The number of carbonyl (C=O) groups is 2. The Hall–Kier alpha value is -1.10. The topological polar surface area (TPSA) is 86.6 Å². The van der Waals surface area contributed by atoms with Gasteiger partial charge < -0.3 is 15.5 Å². The minimum atomic E-state index is -1.20. The summed E-state index contributed by atoms with van der Waals surface area (Å²) >= 11 is 0. The van der Waals surface area contributed by atoms with E-state index in [0.717, 1.165) is 18.8 Å². The number of hydrogen-bond acceptors (Lipinski definition) is 3. The van der Waals surface area contributed by atoms with Crippen molar-refractivity contribution in [1.29, 1.82) is 0 Å². The first-order chi connectivity index (χ1) is 8.63. The molecule has 1 aliphatic carbocycles. The van der Waals surface area contributed by atoms with Crippen LogP contribution < -0.4 is 5.32 Å². The van der Waals surface area contributed by atoms with Gasteiger partial charge in [0.1, 0.15) is 6.04 Å². The van der Waals surface area contributed by atoms with Crippen molar-refractivity contribution in [2.45, 2.75) is 57.4 Å². The van der Waals surface area contributed by atoms with Gasteiger partial charge in [-0.2, -0.15) is 0 Å². The van der Waals surface area contributed by atoms with Gasteiger partial charge in [0, 0.05) is 6.42 Å². The molecule has 1 fully saturated rings. The van der Waals surface area contributed by atoms with Gasteiger partial charge in [0.2, 0.25) is 5.91 Å². The normalized spacial score (nSPS) is 18.3. The summed E-state index contributed by atoms with van der Waals surface area (Å²) in [6, 6.07) is -1.17. The SMILES string of the molecule is O=C(CCCC1CCCCC1)N[C@@H](CO)C(=O)O. The molecule has 0 saturated heterocycles. The average Bonchev–Trinajstić information content (AvgIpc) is 2.37. The summed E-state index contributed by atoms with van der Waals surface area (Å²) in [5.41, 5.74) is 0. The summed E-state index contributed by atoms with van der Waals surface area (Å²) in [6.45, 7) is -0.566. The molecule has 1 saturated carbocycles. The zero-order valence-electron chi connectivity index (χ0n) is 10.7. The van der Waals surface area contributed by atoms with Crippen LogP contribution in [0.2, 0.25) is 0 Å². The van der Waals surface area contributed by atoms with Crippen LogP contribution >= 0.6 is 0 Å². The van der Waals surface area contributed by atoms with Gasteiger partial charge in [-0.1, -0.05) is 32.1 Å². The van der Waals surface area contributed by atoms with E-state index < -0.39 is 18.6 Å². The van der Waals surface area contributed by atoms with Crippen LogP contribution in [-0.4, -0.2) is 34.7 Å². The van der Waals surface area contributed by atoms with Crippen molar-refractivity contribution in [3.05, 3.63) is 0 Å². The van der Waals surface area contributed by atoms with Crippen LogP contribution in [0.5, 0.6) is 0 Å². The number of amides is 1. The second-order valence-electron chi connectivity index (χ2n) is 5.04. The molecule has 1 aliphatic rings. The van der Waals surface area contributed by atoms with E-state index in [1.807, 2.05) is 0 Å². The monoisotopic (exact) mass is 257 g/mol. The van der Waals surface area contributed by atoms with E-state index in [-0.39, 0.29) is 5.91 Å². The first-order valence-corrected chi connectivity index (χ1v) is 6.76. The highest BCUT2D eigenvalue weighted by molar-refractivity contribution is 5.83. The lowest BCUT2D eigenvalue weighted by molar-refractivity contribution is -0.142. The van der Waals surface area contributed by atoms with Crippen LogP contribution in [-0.2, 0) is 9.59 Å². The van der Waals surface area contributed by atoms with Crippen molar-refractivity contribution >= 4 is 11.9 Å². The summed E-state index contributed by atoms with van der Waals surface area (Å²) in [6.07, 6.45) is 8.63. The van der Waals surface area contributed by atoms with Crippen LogP contribution in [0.4, 0.5) is 0 Å². The Labute approximate surface area is 108 Å². The van der Waals surface area contributed by atoms with Gasteiger partial charge in [-0.3, -0.25) is 4.79 Å². The highest BCUT2D eigenvalue weighted by Crippen LogP contribution is 2.27. The number of hydrogen-bond donors (Lipinski definition) is 3. The zero-order chi connectivity index (χ0) is 13.4. The van der Waals surface area contributed by atoms with Gasteiger partial charge in [-0.25, -0.2) is 4.79 Å². The Morgan fingerprint density at radius 3 is 2.44 bits per heavy atom. The van der Waals surface area contributed by atoms with Crippen molar-refractivity contribution in [2.75, 3.05) is 6.61 Å². The molecule has 5 heteroatoms. The number of carboxylic acids is 1. The average molecular weight is 257 g/mol. The van der Waals surface area contributed by atoms with Gasteiger partial charge >= 0.3 is 5.97 Å². The van der Waals surface area contributed by atoms with Crippen molar-refractivity contribution < 1.29 is 19.8 Å². The fourth-order valence-electron chi connectivity index (χ4n) is 2.48. The fourth-order valence-corrected chi connectivity index (χ4v) is 2.48. The smallest absolute Gasteiger partial charge is 0.328 e. The molecule has 5 nitrogen and oxygen atoms in total. The van der Waals surface area contributed by atoms with Gasteiger partial charge in [-0.05, 0) is 18.8 Å². The van der Waals surface area contributed by atoms with Crippen molar-refractivity contribution in [3.63, 3.8) is 0 Å². The zero-order valence-corrected chi connectivity index (χ0v) is 10.7. The van der Waals surface area contributed by atoms with Gasteiger partial charge in [0.05, 0.1) is 6.61 Å². The Morgan fingerprint density at radius 2 is 1.89 bits per heavy atom. The predicted octanol–water partition coefficient (Wildman–Crippen LogP) is 1.30. The number of nitrogens with one attached hydrogen (secondary N) is 1. The molecular formula is C13H23NO4. The van der Waals surface area contributed by atoms with Crippen LogP contribution in [0.3, 0.4) is 0 Å². The van der Waals surface area contributed by atoms with Gasteiger partial charge in [0.25, 0.3) is 0 Å². The summed E-state index contributed by atoms with van der Waals surface area (Å²) in [5.74, 6) is -0.745. The minimum Gasteiger partial charge on any atom is -0.480 e. The molecule has 0 heterocycles. The second kappa shape index (κ2) is 8.08. The maximum absolute atomic E-state index is 11.5. The van der Waals surface area contributed by atoms with E-state index in [2.05, 4.69) is 5.32 Å². The maximum atomic E-state index is 11.5. The number of aliphatic hydroxyl groups is 1. The molecule has 0 unspecified atom stereocenters. The lowest BCUT2D eigenvalue weighted by Gasteiger charge is -2.21. The Morgan fingerprint density at radius 1 is 1.22 bits per heavy atom. The van der Waals surface area contributed by atoms with E-state index in [1.54, 1.807) is 0 Å². The molecule has 0 aromatic carbocycles. The van der Waals surface area contributed by atoms with E-state index >= 15 is 0 Å². The molecule has 0 radical (unpaired) electrons. The van der Waals surface area contributed by atoms with E-state index in [0.29, 0.717) is 6.42 Å². The Bertz CT molecular complexity index is 274. The molecule has 1 atom stereocenters. The maximum Gasteiger partial charge on any atom is 0.328 e. The van der Waals surface area contributed by atoms with Crippen LogP contribution in [0.15, 0.2) is 0 Å². The number of carbonyl (C=O) groups excluding carboxylic acids is 1. The van der Waals surface area contributed by atoms with E-state index in [4.69, 9.17) is 10.2 Å². The van der Waals surface area contributed by atoms with Crippen molar-refractivity contribution in [1.82, 2.24) is 5.32 Å². The van der Waals surface area contributed by atoms with Crippen LogP contribution in [0.1, 0.15) is 51.4 Å². The molecule has 18 heavy (non-hydrogen) atoms. The number of aliphatic carboxylic acids is 1. The molecule has 104 valence electrons. The molecule has 0 bridgehead atoms. The summed E-state index contributed by atoms with van der Waals surface area (Å²) in [7, 11) is 0. The predicted molar refractivity (Wildman–Crippen MR) is 67.1 cm³/mol. The first kappa shape index (κ1) is 15.0. The quantitative estimate of drug-likeness (QED) is 0.641. The number of aliphatic hydroxyl groups excluding tert-OH is 1. The molecule has 3 N–H and O–H groups in total. The molecule has 0 aliphatic heterocycles. The van der Waals surface area contributed by atoms with E-state index in [1.165, 1.54) is 32.1 Å². The Balaban J connectivity index is 2.14. The summed E-state index contributed by atoms with van der Waals surface area (Å²) in [4.78, 5) is 22.1. The van der Waals surface area contributed by atoms with E-state index in [9.17, 15) is 9.59 Å². The third-order valence-corrected chi connectivity index (χ3v) is 3.56. The largest absolute Gasteiger partial charge is 0.480 e. The third kappa shape index (κ3) is 5.49. The molecular weight excluding hydrogens is 234 g/mol. The Kier molecular flexibility index (Phi) is 6.72. The lowest BCUT2D eigenvalue weighted by atomic mass is 9.86. The minimum absolute atomic E-state index is 0.285. The van der Waals surface area contributed by atoms with Crippen LogP contribution in [0.25, 0.3) is 0 Å². The highest BCUT2D eigenvalue weighted by atomic mass is 16.4. The van der Waals surface area contributed by atoms with Gasteiger partial charge in [-0.15, -0.1) is 0 Å². The summed E-state index contributed by atoms with van der Waals surface area (Å²) < 4.78 is 0. The first-order valence-electron chi connectivity index (χ1n) is 6.76. The molecule has 0 aromatic rings. The summed E-state index contributed by atoms with van der Waals surface area (Å²) in [5, 5.41) is 19.8. The lowest BCUT2D eigenvalue weighted by Crippen LogP contribution is -2.43. The highest BCUT2D eigenvalue weighted by Gasteiger charge is 2.19. The second-order valence-corrected chi connectivity index (χ2v) is 5.04. The fraction of sp³-hybridized carbons (Fsp3) is 0.846. The van der Waals surface area contributed by atoms with Crippen LogP contribution in [0, 0.1) is 5.92 Å². The molecule has 0 spiro atoms. The van der Waals surface area contributed by atoms with Crippen molar-refractivity contribution in [3.8, 4) is 0 Å². The standard InChI is InChI=1S/C13H23NO4/c15-9-11(13(17)18)14-12(16)8-4-7-10-5-2-1-3-6-10/h10-11,15H,1-9H2,(H,14,16)(H,17,18)/t11-/m0/s1. The molecule has 1 amide bonds. The molecule has 0 aromatic heterocycles. The van der Waals surface area contributed by atoms with Gasteiger partial charge in [0.15, 0.2) is 0 Å². The number of carboxylic acid groups (broad SMARTS) is 1. The van der Waals surface area contributed by atoms with Crippen molar-refractivity contribution in [2.24, 2.45) is 5.92 Å². The molecule has 1 rings (SSSR count). The third-order valence-electron chi connectivity index (χ3n) is 3.56.